The second kappa shape index (κ2) is 11.3. The van der Waals surface area contributed by atoms with Crippen LogP contribution < -0.4 is 10.6 Å². The highest BCUT2D eigenvalue weighted by atomic mass is 35.5. The minimum Gasteiger partial charge on any atom is -0.340 e. The number of aromatic nitrogens is 4. The Labute approximate surface area is 206 Å². The van der Waals surface area contributed by atoms with Crippen LogP contribution in [-0.2, 0) is 17.6 Å². The fraction of sp³-hybridized carbons (Fsp3) is 0.160. The van der Waals surface area contributed by atoms with Crippen LogP contribution in [0.15, 0.2) is 85.2 Å². The minimum atomic E-state index is -0.909. The molecule has 0 aliphatic rings. The van der Waals surface area contributed by atoms with Crippen molar-refractivity contribution in [1.82, 2.24) is 30.8 Å². The molecule has 0 fully saturated rings. The van der Waals surface area contributed by atoms with Crippen molar-refractivity contribution < 1.29 is 14.0 Å². The zero-order valence-corrected chi connectivity index (χ0v) is 19.3. The summed E-state index contributed by atoms with van der Waals surface area (Å²) in [7, 11) is 0. The Balaban J connectivity index is 1.56. The molecule has 0 saturated heterocycles. The third kappa shape index (κ3) is 6.70. The Morgan fingerprint density at radius 3 is 2.34 bits per heavy atom. The van der Waals surface area contributed by atoms with Gasteiger partial charge in [0.1, 0.15) is 24.4 Å². The van der Waals surface area contributed by atoms with Crippen LogP contribution in [0.3, 0.4) is 0 Å². The number of nitrogens with zero attached hydrogens (tertiary/aromatic N) is 4. The van der Waals surface area contributed by atoms with Crippen molar-refractivity contribution in [2.45, 2.75) is 25.0 Å². The molecule has 2 N–H and O–H groups in total. The molecule has 178 valence electrons. The number of carbonyl (C=O) groups excluding carboxylic acids is 2. The summed E-state index contributed by atoms with van der Waals surface area (Å²) < 4.78 is 14.7. The molecular weight excluding hydrogens is 471 g/mol. The van der Waals surface area contributed by atoms with Crippen molar-refractivity contribution in [3.8, 4) is 0 Å². The number of hydrogen-bond donors (Lipinski definition) is 2. The summed E-state index contributed by atoms with van der Waals surface area (Å²) in [6.07, 6.45) is 1.39. The van der Waals surface area contributed by atoms with E-state index in [0.717, 1.165) is 11.1 Å². The molecule has 4 aromatic rings. The van der Waals surface area contributed by atoms with Crippen molar-refractivity contribution in [3.05, 3.63) is 113 Å². The Kier molecular flexibility index (Phi) is 7.79. The largest absolute Gasteiger partial charge is 0.340 e. The third-order valence-corrected chi connectivity index (χ3v) is 5.56. The summed E-state index contributed by atoms with van der Waals surface area (Å²) in [6.45, 7) is 0. The van der Waals surface area contributed by atoms with Crippen molar-refractivity contribution in [2.75, 3.05) is 0 Å². The molecule has 1 aromatic heterocycles. The number of tetrazole rings is 1. The zero-order valence-electron chi connectivity index (χ0n) is 18.5. The average molecular weight is 493 g/mol. The van der Waals surface area contributed by atoms with Gasteiger partial charge in [-0.25, -0.2) is 9.07 Å². The lowest BCUT2D eigenvalue weighted by Crippen LogP contribution is -2.50. The number of hydrogen-bond acceptors (Lipinski definition) is 5. The Hall–Kier alpha value is -4.11. The highest BCUT2D eigenvalue weighted by Crippen LogP contribution is 2.16. The number of carbonyl (C=O) groups is 2. The summed E-state index contributed by atoms with van der Waals surface area (Å²) in [5.41, 5.74) is 1.97. The third-order valence-electron chi connectivity index (χ3n) is 5.32. The molecule has 8 nitrogen and oxygen atoms in total. The van der Waals surface area contributed by atoms with Crippen molar-refractivity contribution >= 4 is 23.4 Å². The number of rotatable bonds is 9. The van der Waals surface area contributed by atoms with Crippen LogP contribution in [0.25, 0.3) is 0 Å². The van der Waals surface area contributed by atoms with Crippen LogP contribution in [0.4, 0.5) is 4.39 Å². The lowest BCUT2D eigenvalue weighted by Gasteiger charge is -2.23. The monoisotopic (exact) mass is 492 g/mol. The maximum absolute atomic E-state index is 13.4. The van der Waals surface area contributed by atoms with Crippen molar-refractivity contribution in [2.24, 2.45) is 0 Å². The van der Waals surface area contributed by atoms with E-state index in [9.17, 15) is 14.0 Å². The van der Waals surface area contributed by atoms with Gasteiger partial charge < -0.3 is 10.6 Å². The molecule has 0 aliphatic carbocycles. The number of amides is 2. The average Bonchev–Trinajstić information content (AvgIpc) is 3.39. The first-order chi connectivity index (χ1) is 17.0. The first-order valence-corrected chi connectivity index (χ1v) is 11.2. The molecule has 2 atom stereocenters. The Bertz CT molecular complexity index is 1270. The first-order valence-electron chi connectivity index (χ1n) is 10.9. The highest BCUT2D eigenvalue weighted by Gasteiger charge is 2.26. The van der Waals surface area contributed by atoms with Gasteiger partial charge in [0, 0.05) is 23.4 Å². The molecule has 0 saturated carbocycles. The van der Waals surface area contributed by atoms with E-state index in [1.165, 1.54) is 35.3 Å². The van der Waals surface area contributed by atoms with E-state index in [-0.39, 0.29) is 12.0 Å². The number of benzene rings is 3. The van der Waals surface area contributed by atoms with Gasteiger partial charge in [0.25, 0.3) is 5.91 Å². The van der Waals surface area contributed by atoms with Gasteiger partial charge in [-0.15, -0.1) is 5.10 Å². The molecule has 10 heteroatoms. The maximum atomic E-state index is 13.4. The van der Waals surface area contributed by atoms with Crippen LogP contribution in [0.1, 0.15) is 27.7 Å². The van der Waals surface area contributed by atoms with Gasteiger partial charge in [-0.3, -0.25) is 9.59 Å². The standard InChI is InChI=1S/C25H22ClFN6O2/c26-20-8-4-7-18(13-20)15-23(33-16-28-31-32-33)30-25(35)22(14-17-5-2-1-3-6-17)29-24(34)19-9-11-21(27)12-10-19/h1-13,16,22-23H,14-15H2,(H,29,34)(H,30,35). The van der Waals surface area contributed by atoms with Crippen LogP contribution in [0.5, 0.6) is 0 Å². The van der Waals surface area contributed by atoms with Gasteiger partial charge in [-0.1, -0.05) is 54.1 Å². The molecule has 2 amide bonds. The normalized spacial score (nSPS) is 12.5. The highest BCUT2D eigenvalue weighted by molar-refractivity contribution is 6.30. The fourth-order valence-electron chi connectivity index (χ4n) is 3.58. The van der Waals surface area contributed by atoms with Gasteiger partial charge in [-0.05, 0) is 58.0 Å². The van der Waals surface area contributed by atoms with Gasteiger partial charge in [0.05, 0.1) is 0 Å². The molecule has 35 heavy (non-hydrogen) atoms. The summed E-state index contributed by atoms with van der Waals surface area (Å²) in [5, 5.41) is 17.6. The second-order valence-corrected chi connectivity index (χ2v) is 8.31. The molecule has 0 bridgehead atoms. The first kappa shape index (κ1) is 24.0. The lowest BCUT2D eigenvalue weighted by molar-refractivity contribution is -0.124. The van der Waals surface area contributed by atoms with Gasteiger partial charge in [0.2, 0.25) is 5.91 Å². The predicted octanol–water partition coefficient (Wildman–Crippen LogP) is 3.36. The van der Waals surface area contributed by atoms with Crippen LogP contribution >= 0.6 is 11.6 Å². The molecule has 4 rings (SSSR count). The van der Waals surface area contributed by atoms with Gasteiger partial charge in [0.15, 0.2) is 0 Å². The minimum absolute atomic E-state index is 0.244. The summed E-state index contributed by atoms with van der Waals surface area (Å²) in [5.74, 6) is -1.37. The van der Waals surface area contributed by atoms with Crippen LogP contribution in [-0.4, -0.2) is 38.1 Å². The molecule has 0 spiro atoms. The second-order valence-electron chi connectivity index (χ2n) is 7.87. The maximum Gasteiger partial charge on any atom is 0.251 e. The quantitative estimate of drug-likeness (QED) is 0.373. The van der Waals surface area contributed by atoms with E-state index < -0.39 is 29.8 Å². The summed E-state index contributed by atoms with van der Waals surface area (Å²) >= 11 is 6.12. The zero-order chi connectivity index (χ0) is 24.6. The number of nitrogens with one attached hydrogen (secondary N) is 2. The molecule has 2 unspecified atom stereocenters. The molecular formula is C25H22ClFN6O2. The molecule has 0 aliphatic heterocycles. The van der Waals surface area contributed by atoms with E-state index in [0.29, 0.717) is 11.4 Å². The SMILES string of the molecule is O=C(NC(Cc1ccccc1)C(=O)NC(Cc1cccc(Cl)c1)n1cnnn1)c1ccc(F)cc1. The van der Waals surface area contributed by atoms with E-state index in [2.05, 4.69) is 26.2 Å². The lowest BCUT2D eigenvalue weighted by atomic mass is 10.0. The number of halogens is 2. The van der Waals surface area contributed by atoms with Gasteiger partial charge in [-0.2, -0.15) is 0 Å². The van der Waals surface area contributed by atoms with E-state index in [4.69, 9.17) is 11.6 Å². The van der Waals surface area contributed by atoms with Gasteiger partial charge >= 0.3 is 0 Å². The van der Waals surface area contributed by atoms with Crippen LogP contribution in [0, 0.1) is 5.82 Å². The van der Waals surface area contributed by atoms with Crippen molar-refractivity contribution in [1.29, 1.82) is 0 Å². The van der Waals surface area contributed by atoms with Crippen LogP contribution in [0.2, 0.25) is 5.02 Å². The topological polar surface area (TPSA) is 102 Å². The summed E-state index contributed by atoms with van der Waals surface area (Å²) in [6, 6.07) is 20.8. The van der Waals surface area contributed by atoms with E-state index in [1.807, 2.05) is 42.5 Å². The Morgan fingerprint density at radius 1 is 0.914 bits per heavy atom. The summed E-state index contributed by atoms with van der Waals surface area (Å²) in [4.78, 5) is 26.3. The smallest absolute Gasteiger partial charge is 0.251 e. The van der Waals surface area contributed by atoms with Crippen molar-refractivity contribution in [3.63, 3.8) is 0 Å². The Morgan fingerprint density at radius 2 is 1.66 bits per heavy atom. The van der Waals surface area contributed by atoms with E-state index in [1.54, 1.807) is 12.1 Å². The molecule has 3 aromatic carbocycles. The molecule has 0 radical (unpaired) electrons. The fourth-order valence-corrected chi connectivity index (χ4v) is 3.79. The molecule has 1 heterocycles. The predicted molar refractivity (Wildman–Crippen MR) is 128 cm³/mol. The van der Waals surface area contributed by atoms with E-state index >= 15 is 0 Å².